The molecule has 0 radical (unpaired) electrons. The molecule has 0 spiro atoms. The first-order valence-corrected chi connectivity index (χ1v) is 6.12. The van der Waals surface area contributed by atoms with E-state index in [1.54, 1.807) is 18.5 Å². The van der Waals surface area contributed by atoms with Gasteiger partial charge in [-0.15, -0.1) is 0 Å². The number of nitrogens with zero attached hydrogens (tertiary/aromatic N) is 1. The number of hydrogen-bond acceptors (Lipinski definition) is 2. The van der Waals surface area contributed by atoms with E-state index in [2.05, 4.69) is 23.8 Å². The molecule has 3 nitrogen and oxygen atoms in total. The number of H-pyrrole nitrogens is 1. The van der Waals surface area contributed by atoms with Crippen molar-refractivity contribution in [3.05, 3.63) is 29.0 Å². The second-order valence-corrected chi connectivity index (χ2v) is 4.98. The first-order valence-electron chi connectivity index (χ1n) is 5.74. The molecule has 90 valence electrons. The van der Waals surface area contributed by atoms with Crippen LogP contribution in [0.5, 0.6) is 0 Å². The largest absolute Gasteiger partial charge is 0.345 e. The zero-order valence-electron chi connectivity index (χ0n) is 9.96. The first kappa shape index (κ1) is 12.1. The Morgan fingerprint density at radius 3 is 3.00 bits per heavy atom. The van der Waals surface area contributed by atoms with Gasteiger partial charge in [0.05, 0.1) is 5.02 Å². The highest BCUT2D eigenvalue weighted by Crippen LogP contribution is 2.26. The summed E-state index contributed by atoms with van der Waals surface area (Å²) < 4.78 is 0. The fourth-order valence-electron chi connectivity index (χ4n) is 1.79. The van der Waals surface area contributed by atoms with Crippen LogP contribution in [0.4, 0.5) is 0 Å². The lowest BCUT2D eigenvalue weighted by atomic mass is 10.0. The van der Waals surface area contributed by atoms with Crippen molar-refractivity contribution in [2.75, 3.05) is 0 Å². The summed E-state index contributed by atoms with van der Waals surface area (Å²) >= 11 is 6.10. The van der Waals surface area contributed by atoms with Crippen molar-refractivity contribution in [3.63, 3.8) is 0 Å². The Hall–Kier alpha value is -1.35. The van der Waals surface area contributed by atoms with E-state index in [0.29, 0.717) is 28.6 Å². The molecular formula is C13H15ClN2O. The van der Waals surface area contributed by atoms with Crippen molar-refractivity contribution in [1.29, 1.82) is 0 Å². The van der Waals surface area contributed by atoms with Crippen LogP contribution in [0.1, 0.15) is 37.0 Å². The number of pyridine rings is 1. The van der Waals surface area contributed by atoms with Gasteiger partial charge < -0.3 is 4.98 Å². The molecular weight excluding hydrogens is 236 g/mol. The first-order chi connectivity index (χ1) is 8.09. The Morgan fingerprint density at radius 1 is 1.53 bits per heavy atom. The summed E-state index contributed by atoms with van der Waals surface area (Å²) in [4.78, 5) is 19.2. The summed E-state index contributed by atoms with van der Waals surface area (Å²) in [6.07, 6.45) is 4.77. The van der Waals surface area contributed by atoms with Gasteiger partial charge in [-0.25, -0.2) is 4.98 Å². The molecule has 0 fully saturated rings. The maximum atomic E-state index is 12.1. The van der Waals surface area contributed by atoms with E-state index in [1.165, 1.54) is 0 Å². The minimum absolute atomic E-state index is 0.125. The van der Waals surface area contributed by atoms with Crippen LogP contribution in [0.3, 0.4) is 0 Å². The Labute approximate surface area is 105 Å². The fraction of sp³-hybridized carbons (Fsp3) is 0.385. The van der Waals surface area contributed by atoms with Gasteiger partial charge in [-0.3, -0.25) is 4.79 Å². The third kappa shape index (κ3) is 2.50. The molecule has 0 aliphatic heterocycles. The quantitative estimate of drug-likeness (QED) is 0.838. The van der Waals surface area contributed by atoms with E-state index in [9.17, 15) is 4.79 Å². The summed E-state index contributed by atoms with van der Waals surface area (Å²) in [6.45, 7) is 4.22. The number of aromatic amines is 1. The molecule has 4 heteroatoms. The maximum absolute atomic E-state index is 12.1. The number of carbonyl (C=O) groups is 1. The van der Waals surface area contributed by atoms with Gasteiger partial charge >= 0.3 is 0 Å². The van der Waals surface area contributed by atoms with Gasteiger partial charge in [0.15, 0.2) is 5.78 Å². The van der Waals surface area contributed by atoms with Crippen molar-refractivity contribution in [3.8, 4) is 0 Å². The maximum Gasteiger partial charge on any atom is 0.165 e. The lowest BCUT2D eigenvalue weighted by molar-refractivity contribution is 0.0977. The minimum Gasteiger partial charge on any atom is -0.345 e. The van der Waals surface area contributed by atoms with E-state index < -0.39 is 0 Å². The Balaban J connectivity index is 2.32. The number of hydrogen-bond donors (Lipinski definition) is 1. The van der Waals surface area contributed by atoms with E-state index in [-0.39, 0.29) is 5.78 Å². The van der Waals surface area contributed by atoms with Crippen molar-refractivity contribution in [2.24, 2.45) is 5.92 Å². The Bertz CT molecular complexity index is 545. The summed E-state index contributed by atoms with van der Waals surface area (Å²) in [5.41, 5.74) is 1.32. The van der Waals surface area contributed by atoms with Crippen LogP contribution in [0.15, 0.2) is 18.5 Å². The normalized spacial score (nSPS) is 11.3. The van der Waals surface area contributed by atoms with Crippen molar-refractivity contribution >= 4 is 28.4 Å². The lowest BCUT2D eigenvalue weighted by Crippen LogP contribution is -2.00. The van der Waals surface area contributed by atoms with Gasteiger partial charge in [0.2, 0.25) is 0 Å². The average molecular weight is 251 g/mol. The SMILES string of the molecule is CC(C)CCC(=O)c1c[nH]c2nccc(Cl)c12. The molecule has 0 aromatic carbocycles. The summed E-state index contributed by atoms with van der Waals surface area (Å²) in [5.74, 6) is 0.651. The highest BCUT2D eigenvalue weighted by Gasteiger charge is 2.15. The van der Waals surface area contributed by atoms with E-state index in [4.69, 9.17) is 11.6 Å². The van der Waals surface area contributed by atoms with E-state index in [1.807, 2.05) is 0 Å². The molecule has 0 saturated carbocycles. The summed E-state index contributed by atoms with van der Waals surface area (Å²) in [5, 5.41) is 1.31. The molecule has 17 heavy (non-hydrogen) atoms. The fourth-order valence-corrected chi connectivity index (χ4v) is 2.04. The van der Waals surface area contributed by atoms with Crippen LogP contribution in [0.25, 0.3) is 11.0 Å². The van der Waals surface area contributed by atoms with Crippen molar-refractivity contribution in [2.45, 2.75) is 26.7 Å². The molecule has 2 rings (SSSR count). The summed E-state index contributed by atoms with van der Waals surface area (Å²) in [6, 6.07) is 1.71. The molecule has 0 aliphatic rings. The van der Waals surface area contributed by atoms with Gasteiger partial charge in [-0.2, -0.15) is 0 Å². The number of fused-ring (bicyclic) bond motifs is 1. The van der Waals surface area contributed by atoms with Crippen LogP contribution in [0.2, 0.25) is 5.02 Å². The van der Waals surface area contributed by atoms with Crippen molar-refractivity contribution in [1.82, 2.24) is 9.97 Å². The number of halogens is 1. The summed E-state index contributed by atoms with van der Waals surface area (Å²) in [7, 11) is 0. The van der Waals surface area contributed by atoms with Gasteiger partial charge in [-0.05, 0) is 18.4 Å². The zero-order valence-corrected chi connectivity index (χ0v) is 10.7. The van der Waals surface area contributed by atoms with Crippen LogP contribution in [-0.4, -0.2) is 15.8 Å². The van der Waals surface area contributed by atoms with Crippen LogP contribution < -0.4 is 0 Å². The minimum atomic E-state index is 0.125. The smallest absolute Gasteiger partial charge is 0.165 e. The monoisotopic (exact) mass is 250 g/mol. The topological polar surface area (TPSA) is 45.8 Å². The third-order valence-corrected chi connectivity index (χ3v) is 3.09. The van der Waals surface area contributed by atoms with E-state index >= 15 is 0 Å². The van der Waals surface area contributed by atoms with Crippen LogP contribution in [0, 0.1) is 5.92 Å². The van der Waals surface area contributed by atoms with Crippen LogP contribution in [-0.2, 0) is 0 Å². The number of carbonyl (C=O) groups excluding carboxylic acids is 1. The molecule has 0 unspecified atom stereocenters. The van der Waals surface area contributed by atoms with Crippen molar-refractivity contribution < 1.29 is 4.79 Å². The molecule has 0 amide bonds. The second kappa shape index (κ2) is 4.88. The predicted molar refractivity (Wildman–Crippen MR) is 69.5 cm³/mol. The third-order valence-electron chi connectivity index (χ3n) is 2.77. The second-order valence-electron chi connectivity index (χ2n) is 4.57. The van der Waals surface area contributed by atoms with Gasteiger partial charge in [-0.1, -0.05) is 25.4 Å². The van der Waals surface area contributed by atoms with Gasteiger partial charge in [0.1, 0.15) is 5.65 Å². The molecule has 2 heterocycles. The standard InChI is InChI=1S/C13H15ClN2O/c1-8(2)3-4-11(17)9-7-16-13-12(9)10(14)5-6-15-13/h5-8H,3-4H2,1-2H3,(H,15,16). The molecule has 0 bridgehead atoms. The number of Topliss-reactive ketones (excluding diaryl/α,β-unsaturated/α-hetero) is 1. The molecule has 0 atom stereocenters. The lowest BCUT2D eigenvalue weighted by Gasteiger charge is -2.03. The highest BCUT2D eigenvalue weighted by molar-refractivity contribution is 6.36. The molecule has 2 aromatic rings. The molecule has 2 aromatic heterocycles. The highest BCUT2D eigenvalue weighted by atomic mass is 35.5. The number of ketones is 1. The van der Waals surface area contributed by atoms with Gasteiger partial charge in [0, 0.05) is 29.8 Å². The van der Waals surface area contributed by atoms with E-state index in [0.717, 1.165) is 11.8 Å². The molecule has 0 aliphatic carbocycles. The predicted octanol–water partition coefficient (Wildman–Crippen LogP) is 3.84. The molecule has 0 saturated heterocycles. The molecule has 1 N–H and O–H groups in total. The Kier molecular flexibility index (Phi) is 3.48. The number of nitrogens with one attached hydrogen (secondary N) is 1. The van der Waals surface area contributed by atoms with Gasteiger partial charge in [0.25, 0.3) is 0 Å². The average Bonchev–Trinajstić information content (AvgIpc) is 2.71. The van der Waals surface area contributed by atoms with Crippen LogP contribution >= 0.6 is 11.6 Å². The zero-order chi connectivity index (χ0) is 12.4. The Morgan fingerprint density at radius 2 is 2.29 bits per heavy atom. The number of rotatable bonds is 4. The number of aromatic nitrogens is 2.